The number of nitrogens with zero attached hydrogens (tertiary/aromatic N) is 2. The molecule has 2 fully saturated rings. The van der Waals surface area contributed by atoms with Crippen molar-refractivity contribution in [1.82, 2.24) is 15.1 Å². The first-order valence-electron chi connectivity index (χ1n) is 9.93. The van der Waals surface area contributed by atoms with Crippen molar-refractivity contribution in [3.05, 3.63) is 11.6 Å². The average Bonchev–Trinajstić information content (AvgIpc) is 2.63. The van der Waals surface area contributed by atoms with Crippen molar-refractivity contribution in [1.29, 1.82) is 0 Å². The van der Waals surface area contributed by atoms with Gasteiger partial charge >= 0.3 is 0 Å². The van der Waals surface area contributed by atoms with E-state index in [4.69, 9.17) is 4.74 Å². The highest BCUT2D eigenvalue weighted by molar-refractivity contribution is 5.88. The fourth-order valence-corrected chi connectivity index (χ4v) is 3.78. The van der Waals surface area contributed by atoms with Gasteiger partial charge in [-0.05, 0) is 45.4 Å². The normalized spacial score (nSPS) is 22.2. The second-order valence-corrected chi connectivity index (χ2v) is 7.75. The van der Waals surface area contributed by atoms with Crippen molar-refractivity contribution in [2.24, 2.45) is 5.92 Å². The van der Waals surface area contributed by atoms with E-state index in [1.165, 1.54) is 12.0 Å². The number of hydrogen-bond donors (Lipinski definition) is 1. The third kappa shape index (κ3) is 6.40. The lowest BCUT2D eigenvalue weighted by atomic mass is 9.92. The van der Waals surface area contributed by atoms with E-state index in [1.807, 2.05) is 4.90 Å². The van der Waals surface area contributed by atoms with Crippen LogP contribution in [0.4, 0.5) is 0 Å². The maximum Gasteiger partial charge on any atom is 0.237 e. The van der Waals surface area contributed by atoms with Gasteiger partial charge < -0.3 is 15.0 Å². The summed E-state index contributed by atoms with van der Waals surface area (Å²) in [5.41, 5.74) is 1.23. The molecule has 6 nitrogen and oxygen atoms in total. The first-order valence-corrected chi connectivity index (χ1v) is 9.93. The summed E-state index contributed by atoms with van der Waals surface area (Å²) < 4.78 is 5.12. The SMILES string of the molecule is COCCCC1CCN(C(=O)CC2C(=O)NCCN2CC=C(C)C)CC1. The molecule has 26 heavy (non-hydrogen) atoms. The zero-order valence-electron chi connectivity index (χ0n) is 16.6. The smallest absolute Gasteiger partial charge is 0.237 e. The van der Waals surface area contributed by atoms with Crippen LogP contribution in [0.15, 0.2) is 11.6 Å². The molecule has 2 rings (SSSR count). The van der Waals surface area contributed by atoms with Crippen molar-refractivity contribution >= 4 is 11.8 Å². The number of carbonyl (C=O) groups is 2. The molecule has 2 aliphatic heterocycles. The van der Waals surface area contributed by atoms with E-state index < -0.39 is 0 Å². The summed E-state index contributed by atoms with van der Waals surface area (Å²) in [6, 6.07) is -0.341. The lowest BCUT2D eigenvalue weighted by Crippen LogP contribution is -2.56. The summed E-state index contributed by atoms with van der Waals surface area (Å²) in [4.78, 5) is 29.1. The van der Waals surface area contributed by atoms with E-state index in [9.17, 15) is 9.59 Å². The minimum absolute atomic E-state index is 0.0128. The fourth-order valence-electron chi connectivity index (χ4n) is 3.78. The van der Waals surface area contributed by atoms with E-state index in [0.29, 0.717) is 12.5 Å². The number of methoxy groups -OCH3 is 1. The van der Waals surface area contributed by atoms with Gasteiger partial charge in [-0.1, -0.05) is 11.6 Å². The standard InChI is InChI=1S/C20H35N3O3/c1-16(2)6-10-22-13-9-21-20(25)18(22)15-19(24)23-11-7-17(8-12-23)5-4-14-26-3/h6,17-18H,4-5,7-15H2,1-3H3,(H,21,25). The van der Waals surface area contributed by atoms with Gasteiger partial charge in [-0.3, -0.25) is 14.5 Å². The minimum atomic E-state index is -0.341. The fraction of sp³-hybridized carbons (Fsp3) is 0.800. The van der Waals surface area contributed by atoms with E-state index in [1.54, 1.807) is 7.11 Å². The van der Waals surface area contributed by atoms with Gasteiger partial charge in [-0.25, -0.2) is 0 Å². The number of hydrogen-bond acceptors (Lipinski definition) is 4. The lowest BCUT2D eigenvalue weighted by molar-refractivity contribution is -0.139. The molecule has 0 saturated carbocycles. The van der Waals surface area contributed by atoms with E-state index >= 15 is 0 Å². The molecule has 1 atom stereocenters. The molecule has 2 saturated heterocycles. The number of rotatable bonds is 8. The average molecular weight is 366 g/mol. The third-order valence-electron chi connectivity index (χ3n) is 5.47. The molecule has 0 aliphatic carbocycles. The highest BCUT2D eigenvalue weighted by Gasteiger charge is 2.33. The zero-order valence-corrected chi connectivity index (χ0v) is 16.6. The molecule has 0 radical (unpaired) electrons. The summed E-state index contributed by atoms with van der Waals surface area (Å²) in [5.74, 6) is 0.798. The number of allylic oxidation sites excluding steroid dienone is 1. The molecule has 6 heteroatoms. The van der Waals surface area contributed by atoms with Crippen LogP contribution in [0.3, 0.4) is 0 Å². The molecule has 0 aromatic heterocycles. The van der Waals surface area contributed by atoms with Gasteiger partial charge in [-0.15, -0.1) is 0 Å². The molecular formula is C20H35N3O3. The van der Waals surface area contributed by atoms with Crippen molar-refractivity contribution in [2.45, 2.75) is 52.0 Å². The Morgan fingerprint density at radius 3 is 2.65 bits per heavy atom. The summed E-state index contributed by atoms with van der Waals surface area (Å²) in [6.45, 7) is 8.76. The van der Waals surface area contributed by atoms with E-state index in [0.717, 1.165) is 52.0 Å². The summed E-state index contributed by atoms with van der Waals surface area (Å²) in [5, 5.41) is 2.91. The first-order chi connectivity index (χ1) is 12.5. The molecule has 0 aromatic rings. The summed E-state index contributed by atoms with van der Waals surface area (Å²) in [7, 11) is 1.74. The van der Waals surface area contributed by atoms with Gasteiger partial charge in [-0.2, -0.15) is 0 Å². The van der Waals surface area contributed by atoms with Crippen LogP contribution in [0.1, 0.15) is 46.0 Å². The Morgan fingerprint density at radius 1 is 1.27 bits per heavy atom. The molecule has 148 valence electrons. The Balaban J connectivity index is 1.83. The maximum absolute atomic E-state index is 12.7. The monoisotopic (exact) mass is 365 g/mol. The van der Waals surface area contributed by atoms with Gasteiger partial charge in [0.2, 0.25) is 11.8 Å². The second-order valence-electron chi connectivity index (χ2n) is 7.75. The van der Waals surface area contributed by atoms with E-state index in [-0.39, 0.29) is 24.3 Å². The molecule has 1 unspecified atom stereocenters. The Morgan fingerprint density at radius 2 is 2.00 bits per heavy atom. The topological polar surface area (TPSA) is 61.9 Å². The Hall–Kier alpha value is -1.40. The van der Waals surface area contributed by atoms with E-state index in [2.05, 4.69) is 30.1 Å². The van der Waals surface area contributed by atoms with Gasteiger partial charge in [0, 0.05) is 46.4 Å². The number of piperidine rings is 1. The Bertz CT molecular complexity index is 495. The van der Waals surface area contributed by atoms with Crippen LogP contribution >= 0.6 is 0 Å². The zero-order chi connectivity index (χ0) is 18.9. The predicted molar refractivity (Wildman–Crippen MR) is 103 cm³/mol. The molecule has 2 amide bonds. The highest BCUT2D eigenvalue weighted by atomic mass is 16.5. The molecular weight excluding hydrogens is 330 g/mol. The van der Waals surface area contributed by atoms with Crippen LogP contribution in [-0.4, -0.2) is 74.1 Å². The molecule has 2 heterocycles. The molecule has 0 bridgehead atoms. The Labute approximate surface area is 157 Å². The summed E-state index contributed by atoms with van der Waals surface area (Å²) in [6.07, 6.45) is 6.81. The van der Waals surface area contributed by atoms with Crippen molar-refractivity contribution in [3.63, 3.8) is 0 Å². The van der Waals surface area contributed by atoms with Gasteiger partial charge in [0.1, 0.15) is 0 Å². The molecule has 0 spiro atoms. The minimum Gasteiger partial charge on any atom is -0.385 e. The summed E-state index contributed by atoms with van der Waals surface area (Å²) >= 11 is 0. The van der Waals surface area contributed by atoms with Crippen LogP contribution in [0.2, 0.25) is 0 Å². The Kier molecular flexibility index (Phi) is 8.59. The van der Waals surface area contributed by atoms with Gasteiger partial charge in [0.05, 0.1) is 12.5 Å². The van der Waals surface area contributed by atoms with Crippen LogP contribution in [0.5, 0.6) is 0 Å². The third-order valence-corrected chi connectivity index (χ3v) is 5.47. The molecule has 0 aromatic carbocycles. The maximum atomic E-state index is 12.7. The number of amides is 2. The van der Waals surface area contributed by atoms with Crippen LogP contribution in [0.25, 0.3) is 0 Å². The van der Waals surface area contributed by atoms with Crippen molar-refractivity contribution < 1.29 is 14.3 Å². The van der Waals surface area contributed by atoms with Crippen molar-refractivity contribution in [3.8, 4) is 0 Å². The number of carbonyl (C=O) groups excluding carboxylic acids is 2. The van der Waals surface area contributed by atoms with Gasteiger partial charge in [0.15, 0.2) is 0 Å². The lowest BCUT2D eigenvalue weighted by Gasteiger charge is -2.37. The van der Waals surface area contributed by atoms with Crippen molar-refractivity contribution in [2.75, 3.05) is 46.4 Å². The van der Waals surface area contributed by atoms with Crippen LogP contribution < -0.4 is 5.32 Å². The number of piperazine rings is 1. The molecule has 1 N–H and O–H groups in total. The van der Waals surface area contributed by atoms with Crippen LogP contribution in [-0.2, 0) is 14.3 Å². The number of likely N-dealkylation sites (tertiary alicyclic amines) is 1. The largest absolute Gasteiger partial charge is 0.385 e. The van der Waals surface area contributed by atoms with Crippen LogP contribution in [0, 0.1) is 5.92 Å². The number of ether oxygens (including phenoxy) is 1. The highest BCUT2D eigenvalue weighted by Crippen LogP contribution is 2.23. The number of nitrogens with one attached hydrogen (secondary N) is 1. The first kappa shape index (κ1) is 20.9. The quantitative estimate of drug-likeness (QED) is 0.526. The second kappa shape index (κ2) is 10.7. The predicted octanol–water partition coefficient (Wildman–Crippen LogP) is 1.81. The van der Waals surface area contributed by atoms with Gasteiger partial charge in [0.25, 0.3) is 0 Å². The molecule has 2 aliphatic rings.